The van der Waals surface area contributed by atoms with Crippen LogP contribution in [0.3, 0.4) is 0 Å². The minimum Gasteiger partial charge on any atom is -0.480 e. The summed E-state index contributed by atoms with van der Waals surface area (Å²) in [7, 11) is 1.70. The monoisotopic (exact) mass is 247 g/mol. The molecule has 0 aromatic rings. The Labute approximate surface area is 101 Å². The summed E-state index contributed by atoms with van der Waals surface area (Å²) in [4.78, 5) is 13.1. The lowest BCUT2D eigenvalue weighted by molar-refractivity contribution is -0.142. The van der Waals surface area contributed by atoms with Crippen molar-refractivity contribution in [2.45, 2.75) is 31.9 Å². The van der Waals surface area contributed by atoms with Crippen molar-refractivity contribution in [1.29, 1.82) is 0 Å². The summed E-state index contributed by atoms with van der Waals surface area (Å²) < 4.78 is 5.35. The number of hydrogen-bond donors (Lipinski definition) is 1. The van der Waals surface area contributed by atoms with Crippen LogP contribution in [0.5, 0.6) is 0 Å². The van der Waals surface area contributed by atoms with Crippen LogP contribution in [0.15, 0.2) is 0 Å². The molecule has 1 aliphatic heterocycles. The van der Waals surface area contributed by atoms with Gasteiger partial charge in [-0.2, -0.15) is 11.8 Å². The van der Waals surface area contributed by atoms with Gasteiger partial charge in [-0.3, -0.25) is 9.69 Å². The minimum atomic E-state index is -0.706. The number of rotatable bonds is 5. The molecule has 1 heterocycles. The van der Waals surface area contributed by atoms with Crippen LogP contribution in [0.2, 0.25) is 0 Å². The van der Waals surface area contributed by atoms with Gasteiger partial charge in [0.1, 0.15) is 6.04 Å². The summed E-state index contributed by atoms with van der Waals surface area (Å²) >= 11 is 1.72. The molecule has 1 rings (SSSR count). The van der Waals surface area contributed by atoms with Gasteiger partial charge in [0.2, 0.25) is 0 Å². The van der Waals surface area contributed by atoms with Crippen molar-refractivity contribution in [3.8, 4) is 0 Å². The Kier molecular flexibility index (Phi) is 5.08. The Balaban J connectivity index is 2.47. The first-order valence-corrected chi connectivity index (χ1v) is 6.71. The fraction of sp³-hybridized carbons (Fsp3) is 0.909. The van der Waals surface area contributed by atoms with E-state index in [1.807, 2.05) is 13.8 Å². The van der Waals surface area contributed by atoms with E-state index in [9.17, 15) is 4.79 Å². The summed E-state index contributed by atoms with van der Waals surface area (Å²) in [6.45, 7) is 5.71. The van der Waals surface area contributed by atoms with Gasteiger partial charge in [0.15, 0.2) is 0 Å². The lowest BCUT2D eigenvalue weighted by Crippen LogP contribution is -2.48. The number of hydrogen-bond acceptors (Lipinski definition) is 4. The highest BCUT2D eigenvalue weighted by atomic mass is 32.2. The predicted molar refractivity (Wildman–Crippen MR) is 66.0 cm³/mol. The highest BCUT2D eigenvalue weighted by Gasteiger charge is 2.30. The van der Waals surface area contributed by atoms with E-state index in [0.29, 0.717) is 5.75 Å². The van der Waals surface area contributed by atoms with Crippen molar-refractivity contribution in [2.75, 3.05) is 31.7 Å². The Hall–Kier alpha value is -0.260. The van der Waals surface area contributed by atoms with Crippen molar-refractivity contribution >= 4 is 17.7 Å². The van der Waals surface area contributed by atoms with Gasteiger partial charge in [-0.1, -0.05) is 0 Å². The molecule has 1 fully saturated rings. The molecule has 0 aromatic carbocycles. The second-order valence-corrected chi connectivity index (χ2v) is 5.83. The molecule has 0 spiro atoms. The fourth-order valence-corrected chi connectivity index (χ4v) is 2.75. The standard InChI is InChI=1S/C11H21NO3S/c1-11(2,15-3)4-5-12-6-7-16-8-9(12)10(13)14/h9H,4-8H2,1-3H3,(H,13,14). The average Bonchev–Trinajstić information content (AvgIpc) is 2.27. The number of aliphatic carboxylic acids is 1. The zero-order chi connectivity index (χ0) is 12.2. The maximum Gasteiger partial charge on any atom is 0.321 e. The average molecular weight is 247 g/mol. The van der Waals surface area contributed by atoms with Gasteiger partial charge in [-0.25, -0.2) is 0 Å². The number of methoxy groups -OCH3 is 1. The summed E-state index contributed by atoms with van der Waals surface area (Å²) in [6.07, 6.45) is 0.859. The maximum absolute atomic E-state index is 11.1. The molecular formula is C11H21NO3S. The molecule has 0 bridgehead atoms. The third-order valence-corrected chi connectivity index (χ3v) is 4.10. The summed E-state index contributed by atoms with van der Waals surface area (Å²) in [5, 5.41) is 9.11. The third kappa shape index (κ3) is 3.96. The molecule has 4 nitrogen and oxygen atoms in total. The van der Waals surface area contributed by atoms with Crippen LogP contribution in [0.4, 0.5) is 0 Å². The van der Waals surface area contributed by atoms with Gasteiger partial charge in [0.05, 0.1) is 5.60 Å². The van der Waals surface area contributed by atoms with E-state index in [0.717, 1.165) is 25.3 Å². The van der Waals surface area contributed by atoms with Gasteiger partial charge in [-0.05, 0) is 20.3 Å². The zero-order valence-electron chi connectivity index (χ0n) is 10.2. The fourth-order valence-electron chi connectivity index (χ4n) is 1.65. The molecule has 1 saturated heterocycles. The number of carboxylic acid groups (broad SMARTS) is 1. The number of nitrogens with zero attached hydrogens (tertiary/aromatic N) is 1. The van der Waals surface area contributed by atoms with Gasteiger partial charge >= 0.3 is 5.97 Å². The topological polar surface area (TPSA) is 49.8 Å². The van der Waals surface area contributed by atoms with Crippen LogP contribution in [0.25, 0.3) is 0 Å². The predicted octanol–water partition coefficient (Wildman–Crippen LogP) is 1.30. The summed E-state index contributed by atoms with van der Waals surface area (Å²) in [6, 6.07) is -0.327. The van der Waals surface area contributed by atoms with Gasteiger partial charge in [0, 0.05) is 31.7 Å². The second kappa shape index (κ2) is 5.89. The Morgan fingerprint density at radius 1 is 1.62 bits per heavy atom. The molecule has 1 atom stereocenters. The SMILES string of the molecule is COC(C)(C)CCN1CCSCC1C(=O)O. The number of ether oxygens (including phenoxy) is 1. The van der Waals surface area contributed by atoms with E-state index < -0.39 is 5.97 Å². The van der Waals surface area contributed by atoms with Crippen LogP contribution < -0.4 is 0 Å². The van der Waals surface area contributed by atoms with Gasteiger partial charge < -0.3 is 9.84 Å². The first-order chi connectivity index (χ1) is 7.46. The highest BCUT2D eigenvalue weighted by Crippen LogP contribution is 2.20. The molecule has 5 heteroatoms. The summed E-state index contributed by atoms with van der Waals surface area (Å²) in [5.41, 5.74) is -0.173. The number of carbonyl (C=O) groups is 1. The van der Waals surface area contributed by atoms with Crippen LogP contribution in [0, 0.1) is 0 Å². The number of thioether (sulfide) groups is 1. The minimum absolute atomic E-state index is 0.173. The van der Waals surface area contributed by atoms with E-state index in [4.69, 9.17) is 9.84 Å². The molecule has 16 heavy (non-hydrogen) atoms. The molecule has 94 valence electrons. The lowest BCUT2D eigenvalue weighted by Gasteiger charge is -2.34. The Bertz CT molecular complexity index is 245. The Morgan fingerprint density at radius 2 is 2.31 bits per heavy atom. The molecule has 0 radical (unpaired) electrons. The van der Waals surface area contributed by atoms with E-state index in [2.05, 4.69) is 4.90 Å². The molecule has 0 saturated carbocycles. The van der Waals surface area contributed by atoms with Crippen LogP contribution in [0.1, 0.15) is 20.3 Å². The van der Waals surface area contributed by atoms with Crippen molar-refractivity contribution in [1.82, 2.24) is 4.90 Å². The normalized spacial score (nSPS) is 23.3. The molecule has 1 unspecified atom stereocenters. The van der Waals surface area contributed by atoms with Gasteiger partial charge in [-0.15, -0.1) is 0 Å². The van der Waals surface area contributed by atoms with Crippen LogP contribution in [-0.2, 0) is 9.53 Å². The van der Waals surface area contributed by atoms with E-state index in [1.54, 1.807) is 18.9 Å². The third-order valence-electron chi connectivity index (χ3n) is 3.08. The first kappa shape index (κ1) is 13.8. The smallest absolute Gasteiger partial charge is 0.321 e. The lowest BCUT2D eigenvalue weighted by atomic mass is 10.0. The van der Waals surface area contributed by atoms with Crippen LogP contribution in [-0.4, -0.2) is 59.3 Å². The largest absolute Gasteiger partial charge is 0.480 e. The van der Waals surface area contributed by atoms with E-state index in [-0.39, 0.29) is 11.6 Å². The van der Waals surface area contributed by atoms with Crippen molar-refractivity contribution in [2.24, 2.45) is 0 Å². The molecule has 0 aliphatic carbocycles. The molecule has 0 amide bonds. The zero-order valence-corrected chi connectivity index (χ0v) is 11.0. The molecular weight excluding hydrogens is 226 g/mol. The Morgan fingerprint density at radius 3 is 2.88 bits per heavy atom. The number of carboxylic acids is 1. The molecule has 1 aliphatic rings. The molecule has 0 aromatic heterocycles. The van der Waals surface area contributed by atoms with Crippen molar-refractivity contribution in [3.63, 3.8) is 0 Å². The quantitative estimate of drug-likeness (QED) is 0.793. The van der Waals surface area contributed by atoms with Crippen molar-refractivity contribution in [3.05, 3.63) is 0 Å². The second-order valence-electron chi connectivity index (χ2n) is 4.68. The van der Waals surface area contributed by atoms with Gasteiger partial charge in [0.25, 0.3) is 0 Å². The maximum atomic E-state index is 11.1. The first-order valence-electron chi connectivity index (χ1n) is 5.56. The highest BCUT2D eigenvalue weighted by molar-refractivity contribution is 7.99. The van der Waals surface area contributed by atoms with Crippen LogP contribution >= 0.6 is 11.8 Å². The van der Waals surface area contributed by atoms with Crippen molar-refractivity contribution < 1.29 is 14.6 Å². The summed E-state index contributed by atoms with van der Waals surface area (Å²) in [5.74, 6) is 1.02. The molecule has 1 N–H and O–H groups in total. The van der Waals surface area contributed by atoms with E-state index in [1.165, 1.54) is 0 Å². The van der Waals surface area contributed by atoms with E-state index >= 15 is 0 Å².